The molecule has 3 fully saturated rings. The topological polar surface area (TPSA) is 66.7 Å². The van der Waals surface area contributed by atoms with Gasteiger partial charge in [-0.2, -0.15) is 0 Å². The van der Waals surface area contributed by atoms with Crippen molar-refractivity contribution >= 4 is 11.8 Å². The number of benzene rings is 1. The number of carbonyl (C=O) groups is 2. The van der Waals surface area contributed by atoms with Crippen molar-refractivity contribution in [3.63, 3.8) is 0 Å². The van der Waals surface area contributed by atoms with E-state index in [1.54, 1.807) is 0 Å². The first kappa shape index (κ1) is 17.5. The van der Waals surface area contributed by atoms with Crippen LogP contribution in [0.25, 0.3) is 11.3 Å². The van der Waals surface area contributed by atoms with Crippen molar-refractivity contribution in [1.82, 2.24) is 15.0 Å². The van der Waals surface area contributed by atoms with E-state index in [-0.39, 0.29) is 11.8 Å². The fraction of sp³-hybridized carbons (Fsp3) is 0.500. The highest BCUT2D eigenvalue weighted by molar-refractivity contribution is 6.00. The summed E-state index contributed by atoms with van der Waals surface area (Å²) in [4.78, 5) is 30.3. The zero-order chi connectivity index (χ0) is 19.1. The first-order valence-electron chi connectivity index (χ1n) is 10.3. The summed E-state index contributed by atoms with van der Waals surface area (Å²) in [6.45, 7) is 2.89. The van der Waals surface area contributed by atoms with E-state index in [4.69, 9.17) is 4.52 Å². The summed E-state index contributed by atoms with van der Waals surface area (Å²) in [6.07, 6.45) is 6.66. The standard InChI is InChI=1S/C22H25N3O3/c26-20(18-13-23-28-19(18)17-5-2-1-3-6-17)25-12-10-22(15-25)9-4-11-24(21(22)27)14-16-7-8-16/h1-3,5-6,13,16H,4,7-12,14-15H2. The van der Waals surface area contributed by atoms with Gasteiger partial charge in [-0.1, -0.05) is 35.5 Å². The molecule has 1 atom stereocenters. The van der Waals surface area contributed by atoms with Gasteiger partial charge < -0.3 is 14.3 Å². The summed E-state index contributed by atoms with van der Waals surface area (Å²) in [6, 6.07) is 9.55. The molecule has 2 aromatic rings. The Kier molecular flexibility index (Phi) is 4.22. The smallest absolute Gasteiger partial charge is 0.259 e. The summed E-state index contributed by atoms with van der Waals surface area (Å²) < 4.78 is 5.38. The molecule has 1 unspecified atom stereocenters. The summed E-state index contributed by atoms with van der Waals surface area (Å²) in [5.74, 6) is 1.36. The normalized spacial score (nSPS) is 24.9. The Balaban J connectivity index is 1.34. The highest BCUT2D eigenvalue weighted by Crippen LogP contribution is 2.42. The first-order valence-corrected chi connectivity index (χ1v) is 10.3. The van der Waals surface area contributed by atoms with E-state index in [2.05, 4.69) is 10.1 Å². The van der Waals surface area contributed by atoms with Crippen molar-refractivity contribution in [1.29, 1.82) is 0 Å². The van der Waals surface area contributed by atoms with Crippen LogP contribution < -0.4 is 0 Å². The molecular formula is C22H25N3O3. The van der Waals surface area contributed by atoms with Crippen LogP contribution in [0.5, 0.6) is 0 Å². The van der Waals surface area contributed by atoms with E-state index in [0.29, 0.717) is 30.3 Å². The average Bonchev–Trinajstić information content (AvgIpc) is 3.24. The minimum absolute atomic E-state index is 0.0934. The van der Waals surface area contributed by atoms with Gasteiger partial charge in [0, 0.05) is 31.7 Å². The van der Waals surface area contributed by atoms with E-state index in [1.807, 2.05) is 35.2 Å². The molecule has 3 aliphatic rings. The Morgan fingerprint density at radius 3 is 2.79 bits per heavy atom. The number of piperidine rings is 1. The van der Waals surface area contributed by atoms with Gasteiger partial charge in [0.05, 0.1) is 11.6 Å². The number of amides is 2. The van der Waals surface area contributed by atoms with Crippen molar-refractivity contribution in [2.45, 2.75) is 32.1 Å². The molecule has 1 spiro atoms. The molecule has 5 rings (SSSR count). The second-order valence-electron chi connectivity index (χ2n) is 8.49. The van der Waals surface area contributed by atoms with Crippen molar-refractivity contribution < 1.29 is 14.1 Å². The van der Waals surface area contributed by atoms with Crippen LogP contribution in [0.15, 0.2) is 41.1 Å². The van der Waals surface area contributed by atoms with Gasteiger partial charge in [-0.3, -0.25) is 9.59 Å². The molecule has 1 aliphatic carbocycles. The summed E-state index contributed by atoms with van der Waals surface area (Å²) >= 11 is 0. The van der Waals surface area contributed by atoms with Crippen LogP contribution in [0.4, 0.5) is 0 Å². The van der Waals surface area contributed by atoms with Gasteiger partial charge in [-0.15, -0.1) is 0 Å². The molecular weight excluding hydrogens is 354 g/mol. The minimum Gasteiger partial charge on any atom is -0.355 e. The van der Waals surface area contributed by atoms with Gasteiger partial charge in [0.2, 0.25) is 5.91 Å². The summed E-state index contributed by atoms with van der Waals surface area (Å²) in [5.41, 5.74) is 0.912. The Labute approximate surface area is 164 Å². The fourth-order valence-electron chi connectivity index (χ4n) is 4.72. The molecule has 1 aromatic heterocycles. The van der Waals surface area contributed by atoms with E-state index in [0.717, 1.165) is 37.9 Å². The Bertz CT molecular complexity index is 889. The monoisotopic (exact) mass is 379 g/mol. The van der Waals surface area contributed by atoms with Crippen LogP contribution in [0, 0.1) is 11.3 Å². The molecule has 6 nitrogen and oxygen atoms in total. The predicted octanol–water partition coefficient (Wildman–Crippen LogP) is 3.21. The third-order valence-electron chi connectivity index (χ3n) is 6.48. The van der Waals surface area contributed by atoms with Crippen LogP contribution >= 0.6 is 0 Å². The maximum Gasteiger partial charge on any atom is 0.259 e. The molecule has 6 heteroatoms. The van der Waals surface area contributed by atoms with Gasteiger partial charge in [0.15, 0.2) is 5.76 Å². The molecule has 146 valence electrons. The fourth-order valence-corrected chi connectivity index (χ4v) is 4.72. The summed E-state index contributed by atoms with van der Waals surface area (Å²) in [5, 5.41) is 3.86. The Hall–Kier alpha value is -2.63. The number of hydrogen-bond donors (Lipinski definition) is 0. The predicted molar refractivity (Wildman–Crippen MR) is 103 cm³/mol. The quantitative estimate of drug-likeness (QED) is 0.818. The van der Waals surface area contributed by atoms with Gasteiger partial charge in [0.25, 0.3) is 5.91 Å². The van der Waals surface area contributed by atoms with E-state index in [9.17, 15) is 9.59 Å². The lowest BCUT2D eigenvalue weighted by Crippen LogP contribution is -2.50. The molecule has 2 saturated heterocycles. The van der Waals surface area contributed by atoms with E-state index < -0.39 is 5.41 Å². The summed E-state index contributed by atoms with van der Waals surface area (Å²) in [7, 11) is 0. The highest BCUT2D eigenvalue weighted by atomic mass is 16.5. The maximum absolute atomic E-state index is 13.2. The lowest BCUT2D eigenvalue weighted by molar-refractivity contribution is -0.145. The van der Waals surface area contributed by atoms with Crippen molar-refractivity contribution in [2.75, 3.05) is 26.2 Å². The number of nitrogens with zero attached hydrogens (tertiary/aromatic N) is 3. The van der Waals surface area contributed by atoms with Crippen LogP contribution in [0.2, 0.25) is 0 Å². The number of hydrogen-bond acceptors (Lipinski definition) is 4. The van der Waals surface area contributed by atoms with Gasteiger partial charge in [-0.25, -0.2) is 0 Å². The lowest BCUT2D eigenvalue weighted by Gasteiger charge is -2.39. The number of likely N-dealkylation sites (tertiary alicyclic amines) is 2. The van der Waals surface area contributed by atoms with E-state index >= 15 is 0 Å². The molecule has 1 saturated carbocycles. The molecule has 2 aliphatic heterocycles. The second-order valence-corrected chi connectivity index (χ2v) is 8.49. The molecule has 0 bridgehead atoms. The molecule has 0 N–H and O–H groups in total. The SMILES string of the molecule is O=C(c1cnoc1-c1ccccc1)N1CCC2(CCCN(CC3CC3)C2=O)C1. The molecule has 28 heavy (non-hydrogen) atoms. The minimum atomic E-state index is -0.396. The number of rotatable bonds is 4. The molecule has 2 amide bonds. The maximum atomic E-state index is 13.2. The second kappa shape index (κ2) is 6.76. The van der Waals surface area contributed by atoms with Crippen LogP contribution in [0.1, 0.15) is 42.5 Å². The zero-order valence-corrected chi connectivity index (χ0v) is 16.0. The number of aromatic nitrogens is 1. The van der Waals surface area contributed by atoms with Gasteiger partial charge in [-0.05, 0) is 38.0 Å². The van der Waals surface area contributed by atoms with Crippen LogP contribution in [-0.2, 0) is 4.79 Å². The number of carbonyl (C=O) groups excluding carboxylic acids is 2. The van der Waals surface area contributed by atoms with Gasteiger partial charge >= 0.3 is 0 Å². The molecule has 3 heterocycles. The molecule has 1 aromatic carbocycles. The first-order chi connectivity index (χ1) is 13.7. The third-order valence-corrected chi connectivity index (χ3v) is 6.48. The van der Waals surface area contributed by atoms with Crippen LogP contribution in [0.3, 0.4) is 0 Å². The van der Waals surface area contributed by atoms with Gasteiger partial charge in [0.1, 0.15) is 5.56 Å². The van der Waals surface area contributed by atoms with Crippen molar-refractivity contribution in [3.05, 3.63) is 42.1 Å². The zero-order valence-electron chi connectivity index (χ0n) is 16.0. The van der Waals surface area contributed by atoms with Crippen molar-refractivity contribution in [3.8, 4) is 11.3 Å². The van der Waals surface area contributed by atoms with Crippen LogP contribution in [-0.4, -0.2) is 52.9 Å². The van der Waals surface area contributed by atoms with Crippen molar-refractivity contribution in [2.24, 2.45) is 11.3 Å². The lowest BCUT2D eigenvalue weighted by atomic mass is 9.78. The van der Waals surface area contributed by atoms with E-state index in [1.165, 1.54) is 19.0 Å². The highest BCUT2D eigenvalue weighted by Gasteiger charge is 2.50. The largest absolute Gasteiger partial charge is 0.355 e. The average molecular weight is 379 g/mol. The molecule has 0 radical (unpaired) electrons. The third kappa shape index (κ3) is 3.01. The Morgan fingerprint density at radius 2 is 2.00 bits per heavy atom. The Morgan fingerprint density at radius 1 is 1.18 bits per heavy atom.